The highest BCUT2D eigenvalue weighted by atomic mass is 127. The van der Waals surface area contributed by atoms with Crippen molar-refractivity contribution in [2.75, 3.05) is 25.2 Å². The van der Waals surface area contributed by atoms with Gasteiger partial charge in [-0.25, -0.2) is 5.43 Å². The topological polar surface area (TPSA) is 69.2 Å². The average molecular weight is 655 g/mol. The average Bonchev–Trinajstić information content (AvgIpc) is 3.43. The van der Waals surface area contributed by atoms with Crippen LogP contribution in [0.2, 0.25) is 5.02 Å². The number of carbonyl (C=O) groups is 1. The number of amides is 1. The van der Waals surface area contributed by atoms with E-state index in [2.05, 4.69) is 33.1 Å². The molecule has 188 valence electrons. The minimum Gasteiger partial charge on any atom is -0.493 e. The first-order chi connectivity index (χ1) is 17.5. The Bertz CT molecular complexity index is 1200. The van der Waals surface area contributed by atoms with Crippen molar-refractivity contribution in [2.45, 2.75) is 11.2 Å². The SMILES string of the molecule is COc1cc(/C=N\NC(=O)COc2ccc(C3SCCS3)cc2)cc(Cl)c1OCc1ccc(I)cc1. The molecule has 4 rings (SSSR count). The monoisotopic (exact) mass is 654 g/mol. The molecule has 1 saturated heterocycles. The number of halogens is 2. The first kappa shape index (κ1) is 27.0. The second-order valence-corrected chi connectivity index (χ2v) is 12.1. The van der Waals surface area contributed by atoms with Gasteiger partial charge in [0.25, 0.3) is 5.91 Å². The second-order valence-electron chi connectivity index (χ2n) is 7.67. The molecule has 1 amide bonds. The fraction of sp³-hybridized carbons (Fsp3) is 0.231. The van der Waals surface area contributed by atoms with Gasteiger partial charge in [0.05, 0.1) is 22.9 Å². The standard InChI is InChI=1S/C26H24ClIN2O4S2/c1-32-23-13-18(12-22(27)25(23)34-15-17-2-6-20(28)7-3-17)14-29-30-24(31)16-33-21-8-4-19(5-9-21)26-35-10-11-36-26/h2-9,12-14,26H,10-11,15-16H2,1H3,(H,30,31)/b29-14-. The van der Waals surface area contributed by atoms with Crippen LogP contribution < -0.4 is 19.6 Å². The fourth-order valence-corrected chi connectivity index (χ4v) is 6.82. The Hall–Kier alpha value is -2.08. The van der Waals surface area contributed by atoms with Crippen molar-refractivity contribution < 1.29 is 19.0 Å². The summed E-state index contributed by atoms with van der Waals surface area (Å²) in [4.78, 5) is 12.1. The van der Waals surface area contributed by atoms with E-state index in [-0.39, 0.29) is 12.5 Å². The van der Waals surface area contributed by atoms with E-state index in [1.165, 1.54) is 23.3 Å². The summed E-state index contributed by atoms with van der Waals surface area (Å²) in [6.45, 7) is 0.219. The van der Waals surface area contributed by atoms with Crippen LogP contribution in [0, 0.1) is 3.57 Å². The van der Waals surface area contributed by atoms with E-state index in [4.69, 9.17) is 25.8 Å². The number of hydrogen-bond donors (Lipinski definition) is 1. The number of hydrogen-bond acceptors (Lipinski definition) is 7. The van der Waals surface area contributed by atoms with Crippen molar-refractivity contribution >= 4 is 69.8 Å². The summed E-state index contributed by atoms with van der Waals surface area (Å²) in [5, 5.41) is 4.39. The Morgan fingerprint density at radius 1 is 1.11 bits per heavy atom. The highest BCUT2D eigenvalue weighted by Crippen LogP contribution is 2.45. The molecule has 1 heterocycles. The largest absolute Gasteiger partial charge is 0.493 e. The maximum Gasteiger partial charge on any atom is 0.277 e. The lowest BCUT2D eigenvalue weighted by atomic mass is 10.2. The van der Waals surface area contributed by atoms with Crippen LogP contribution in [0.4, 0.5) is 0 Å². The first-order valence-electron chi connectivity index (χ1n) is 11.0. The smallest absolute Gasteiger partial charge is 0.277 e. The van der Waals surface area contributed by atoms with Gasteiger partial charge < -0.3 is 14.2 Å². The molecule has 36 heavy (non-hydrogen) atoms. The van der Waals surface area contributed by atoms with Gasteiger partial charge in [0, 0.05) is 15.1 Å². The number of nitrogens with zero attached hydrogens (tertiary/aromatic N) is 1. The lowest BCUT2D eigenvalue weighted by Crippen LogP contribution is -2.24. The zero-order chi connectivity index (χ0) is 25.3. The van der Waals surface area contributed by atoms with Gasteiger partial charge in [0.1, 0.15) is 12.4 Å². The predicted molar refractivity (Wildman–Crippen MR) is 157 cm³/mol. The Balaban J connectivity index is 1.28. The lowest BCUT2D eigenvalue weighted by Gasteiger charge is -2.13. The molecule has 1 aliphatic rings. The molecule has 0 aromatic heterocycles. The van der Waals surface area contributed by atoms with E-state index in [1.54, 1.807) is 19.2 Å². The minimum atomic E-state index is -0.368. The summed E-state index contributed by atoms with van der Waals surface area (Å²) < 4.78 is 18.6. The van der Waals surface area contributed by atoms with E-state index in [1.807, 2.05) is 72.1 Å². The highest BCUT2D eigenvalue weighted by molar-refractivity contribution is 14.1. The van der Waals surface area contributed by atoms with E-state index >= 15 is 0 Å². The molecule has 0 atom stereocenters. The van der Waals surface area contributed by atoms with Crippen LogP contribution in [0.1, 0.15) is 21.3 Å². The molecule has 6 nitrogen and oxygen atoms in total. The van der Waals surface area contributed by atoms with Crippen molar-refractivity contribution in [3.8, 4) is 17.2 Å². The van der Waals surface area contributed by atoms with Gasteiger partial charge in [-0.1, -0.05) is 35.9 Å². The summed E-state index contributed by atoms with van der Waals surface area (Å²) in [5.41, 5.74) is 5.40. The molecule has 10 heteroatoms. The Kier molecular flexibility index (Phi) is 10.1. The van der Waals surface area contributed by atoms with Crippen molar-refractivity contribution in [3.63, 3.8) is 0 Å². The number of nitrogens with one attached hydrogen (secondary N) is 1. The summed E-state index contributed by atoms with van der Waals surface area (Å²) in [7, 11) is 1.54. The molecule has 0 unspecified atom stereocenters. The maximum absolute atomic E-state index is 12.1. The minimum absolute atomic E-state index is 0.140. The molecule has 0 saturated carbocycles. The molecule has 1 N–H and O–H groups in total. The number of methoxy groups -OCH3 is 1. The third kappa shape index (κ3) is 7.71. The van der Waals surface area contributed by atoms with Crippen molar-refractivity contribution in [1.82, 2.24) is 5.43 Å². The first-order valence-corrected chi connectivity index (χ1v) is 14.6. The molecular formula is C26H24ClIN2O4S2. The fourth-order valence-electron chi connectivity index (χ4n) is 3.32. The number of benzene rings is 3. The zero-order valence-electron chi connectivity index (χ0n) is 19.4. The molecule has 1 fully saturated rings. The van der Waals surface area contributed by atoms with Crippen LogP contribution >= 0.6 is 57.7 Å². The highest BCUT2D eigenvalue weighted by Gasteiger charge is 2.18. The van der Waals surface area contributed by atoms with E-state index < -0.39 is 0 Å². The summed E-state index contributed by atoms with van der Waals surface area (Å²) in [6.07, 6.45) is 1.49. The number of carbonyl (C=O) groups excluding carboxylic acids is 1. The lowest BCUT2D eigenvalue weighted by molar-refractivity contribution is -0.123. The molecule has 3 aromatic rings. The number of thioether (sulfide) groups is 2. The van der Waals surface area contributed by atoms with Crippen LogP contribution in [-0.4, -0.2) is 37.3 Å². The van der Waals surface area contributed by atoms with Crippen LogP contribution in [-0.2, 0) is 11.4 Å². The molecular weight excluding hydrogens is 631 g/mol. The van der Waals surface area contributed by atoms with Crippen LogP contribution in [0.15, 0.2) is 65.8 Å². The van der Waals surface area contributed by atoms with E-state index in [9.17, 15) is 4.79 Å². The summed E-state index contributed by atoms with van der Waals surface area (Å²) in [6, 6.07) is 19.3. The number of ether oxygens (including phenoxy) is 3. The molecule has 0 bridgehead atoms. The third-order valence-electron chi connectivity index (χ3n) is 5.10. The third-order valence-corrected chi connectivity index (χ3v) is 9.20. The van der Waals surface area contributed by atoms with Gasteiger partial charge in [0.15, 0.2) is 18.1 Å². The Morgan fingerprint density at radius 2 is 1.83 bits per heavy atom. The van der Waals surface area contributed by atoms with E-state index in [0.717, 1.165) is 9.13 Å². The van der Waals surface area contributed by atoms with E-state index in [0.29, 0.717) is 39.0 Å². The zero-order valence-corrected chi connectivity index (χ0v) is 24.0. The van der Waals surface area contributed by atoms with Crippen molar-refractivity contribution in [3.05, 3.63) is 85.9 Å². The maximum atomic E-state index is 12.1. The predicted octanol–water partition coefficient (Wildman–Crippen LogP) is 6.54. The number of rotatable bonds is 10. The Morgan fingerprint density at radius 3 is 2.53 bits per heavy atom. The van der Waals surface area contributed by atoms with Gasteiger partial charge in [-0.15, -0.1) is 23.5 Å². The molecule has 0 aliphatic carbocycles. The van der Waals surface area contributed by atoms with Crippen molar-refractivity contribution in [1.29, 1.82) is 0 Å². The molecule has 3 aromatic carbocycles. The van der Waals surface area contributed by atoms with Crippen LogP contribution in [0.3, 0.4) is 0 Å². The summed E-state index contributed by atoms with van der Waals surface area (Å²) in [5.74, 6) is 3.55. The number of hydrazone groups is 1. The molecule has 1 aliphatic heterocycles. The van der Waals surface area contributed by atoms with Gasteiger partial charge in [-0.2, -0.15) is 5.10 Å². The molecule has 0 radical (unpaired) electrons. The molecule has 0 spiro atoms. The quantitative estimate of drug-likeness (QED) is 0.152. The van der Waals surface area contributed by atoms with Crippen LogP contribution in [0.5, 0.6) is 17.2 Å². The normalized spacial score (nSPS) is 13.6. The van der Waals surface area contributed by atoms with Crippen molar-refractivity contribution in [2.24, 2.45) is 5.10 Å². The van der Waals surface area contributed by atoms with Gasteiger partial charge in [-0.05, 0) is 75.7 Å². The van der Waals surface area contributed by atoms with Gasteiger partial charge in [0.2, 0.25) is 0 Å². The summed E-state index contributed by atoms with van der Waals surface area (Å²) >= 11 is 12.6. The van der Waals surface area contributed by atoms with Gasteiger partial charge >= 0.3 is 0 Å². The van der Waals surface area contributed by atoms with Gasteiger partial charge in [-0.3, -0.25) is 4.79 Å². The Labute approximate surface area is 237 Å². The second kappa shape index (κ2) is 13.5. The van der Waals surface area contributed by atoms with Crippen LogP contribution in [0.25, 0.3) is 0 Å².